The standard InChI is InChI=1S/C22H20BrNO6/c1-28-19-10-14(7-9-21(26)29-2)6-8-18(19)30-22(27)15-11-20(25)24(13-15)17-5-3-4-16(23)12-17/h3-10,12,15H,11,13H2,1-2H3/b9-7+. The first-order valence-corrected chi connectivity index (χ1v) is 9.92. The molecule has 1 unspecified atom stereocenters. The average Bonchev–Trinajstić information content (AvgIpc) is 3.14. The number of amides is 1. The summed E-state index contributed by atoms with van der Waals surface area (Å²) in [7, 11) is 2.75. The van der Waals surface area contributed by atoms with Crippen LogP contribution in [-0.2, 0) is 19.1 Å². The molecule has 7 nitrogen and oxygen atoms in total. The molecule has 1 heterocycles. The Morgan fingerprint density at radius 1 is 1.13 bits per heavy atom. The number of carbonyl (C=O) groups is 3. The Morgan fingerprint density at radius 3 is 2.63 bits per heavy atom. The van der Waals surface area contributed by atoms with Crippen molar-refractivity contribution in [2.75, 3.05) is 25.7 Å². The Hall–Kier alpha value is -3.13. The fourth-order valence-corrected chi connectivity index (χ4v) is 3.44. The third-order valence-corrected chi connectivity index (χ3v) is 5.08. The van der Waals surface area contributed by atoms with E-state index in [4.69, 9.17) is 9.47 Å². The molecule has 3 rings (SSSR count). The van der Waals surface area contributed by atoms with Crippen LogP contribution in [0.1, 0.15) is 12.0 Å². The highest BCUT2D eigenvalue weighted by molar-refractivity contribution is 9.10. The van der Waals surface area contributed by atoms with Crippen LogP contribution in [-0.4, -0.2) is 38.6 Å². The monoisotopic (exact) mass is 473 g/mol. The third-order valence-electron chi connectivity index (χ3n) is 4.59. The fourth-order valence-electron chi connectivity index (χ4n) is 3.06. The molecule has 1 aliphatic heterocycles. The Bertz CT molecular complexity index is 1000. The Labute approximate surface area is 182 Å². The molecule has 1 atom stereocenters. The zero-order chi connectivity index (χ0) is 21.7. The van der Waals surface area contributed by atoms with Crippen molar-refractivity contribution in [1.82, 2.24) is 0 Å². The first kappa shape index (κ1) is 21.6. The molecular formula is C22H20BrNO6. The molecule has 0 N–H and O–H groups in total. The lowest BCUT2D eigenvalue weighted by molar-refractivity contribution is -0.139. The van der Waals surface area contributed by atoms with Gasteiger partial charge >= 0.3 is 11.9 Å². The van der Waals surface area contributed by atoms with Crippen LogP contribution < -0.4 is 14.4 Å². The number of ether oxygens (including phenoxy) is 3. The molecule has 0 bridgehead atoms. The van der Waals surface area contributed by atoms with Gasteiger partial charge < -0.3 is 19.1 Å². The van der Waals surface area contributed by atoms with Gasteiger partial charge in [-0.25, -0.2) is 4.79 Å². The number of carbonyl (C=O) groups excluding carboxylic acids is 3. The number of hydrogen-bond donors (Lipinski definition) is 0. The first-order chi connectivity index (χ1) is 14.4. The summed E-state index contributed by atoms with van der Waals surface area (Å²) in [4.78, 5) is 37.9. The molecule has 1 fully saturated rings. The van der Waals surface area contributed by atoms with Crippen molar-refractivity contribution < 1.29 is 28.6 Å². The topological polar surface area (TPSA) is 82.1 Å². The number of benzene rings is 2. The van der Waals surface area contributed by atoms with Gasteiger partial charge in [0.2, 0.25) is 5.91 Å². The van der Waals surface area contributed by atoms with E-state index >= 15 is 0 Å². The van der Waals surface area contributed by atoms with Crippen molar-refractivity contribution in [3.63, 3.8) is 0 Å². The maximum Gasteiger partial charge on any atom is 0.330 e. The lowest BCUT2D eigenvalue weighted by Gasteiger charge is -2.17. The molecule has 156 valence electrons. The zero-order valence-electron chi connectivity index (χ0n) is 16.5. The van der Waals surface area contributed by atoms with E-state index in [0.29, 0.717) is 11.3 Å². The van der Waals surface area contributed by atoms with E-state index in [1.165, 1.54) is 20.3 Å². The minimum atomic E-state index is -0.583. The van der Waals surface area contributed by atoms with Crippen LogP contribution in [0.3, 0.4) is 0 Å². The van der Waals surface area contributed by atoms with Gasteiger partial charge in [0.1, 0.15) is 0 Å². The van der Waals surface area contributed by atoms with Crippen LogP contribution in [0.2, 0.25) is 0 Å². The molecule has 30 heavy (non-hydrogen) atoms. The summed E-state index contributed by atoms with van der Waals surface area (Å²) in [5, 5.41) is 0. The largest absolute Gasteiger partial charge is 0.493 e. The van der Waals surface area contributed by atoms with E-state index < -0.39 is 17.9 Å². The minimum absolute atomic E-state index is 0.0770. The second-order valence-electron chi connectivity index (χ2n) is 6.57. The smallest absolute Gasteiger partial charge is 0.330 e. The number of rotatable bonds is 6. The number of anilines is 1. The van der Waals surface area contributed by atoms with Gasteiger partial charge in [-0.2, -0.15) is 0 Å². The fraction of sp³-hybridized carbons (Fsp3) is 0.227. The van der Waals surface area contributed by atoms with Crippen LogP contribution in [0.15, 0.2) is 53.0 Å². The maximum absolute atomic E-state index is 12.7. The normalized spacial score (nSPS) is 16.0. The van der Waals surface area contributed by atoms with E-state index in [1.807, 2.05) is 24.3 Å². The highest BCUT2D eigenvalue weighted by atomic mass is 79.9. The molecule has 2 aromatic carbocycles. The summed E-state index contributed by atoms with van der Waals surface area (Å²) in [6.07, 6.45) is 2.92. The van der Waals surface area contributed by atoms with E-state index in [0.717, 1.165) is 10.2 Å². The summed E-state index contributed by atoms with van der Waals surface area (Å²) in [6, 6.07) is 12.2. The van der Waals surface area contributed by atoms with Gasteiger partial charge in [0.15, 0.2) is 11.5 Å². The second kappa shape index (κ2) is 9.58. The van der Waals surface area contributed by atoms with E-state index in [-0.39, 0.29) is 24.6 Å². The number of methoxy groups -OCH3 is 2. The summed E-state index contributed by atoms with van der Waals surface area (Å²) in [6.45, 7) is 0.246. The van der Waals surface area contributed by atoms with Crippen molar-refractivity contribution >= 4 is 45.5 Å². The predicted octanol–water partition coefficient (Wildman–Crippen LogP) is 3.60. The zero-order valence-corrected chi connectivity index (χ0v) is 18.0. The Kier molecular flexibility index (Phi) is 6.89. The summed E-state index contributed by atoms with van der Waals surface area (Å²) in [5.74, 6) is -1.12. The van der Waals surface area contributed by atoms with Crippen LogP contribution >= 0.6 is 15.9 Å². The molecule has 0 aromatic heterocycles. The highest BCUT2D eigenvalue weighted by Gasteiger charge is 2.36. The first-order valence-electron chi connectivity index (χ1n) is 9.13. The van der Waals surface area contributed by atoms with Gasteiger partial charge in [0.25, 0.3) is 0 Å². The Balaban J connectivity index is 1.70. The third kappa shape index (κ3) is 5.07. The number of nitrogens with zero attached hydrogens (tertiary/aromatic N) is 1. The van der Waals surface area contributed by atoms with Crippen LogP contribution in [0, 0.1) is 5.92 Å². The highest BCUT2D eigenvalue weighted by Crippen LogP contribution is 2.32. The lowest BCUT2D eigenvalue weighted by Crippen LogP contribution is -2.27. The van der Waals surface area contributed by atoms with Crippen molar-refractivity contribution in [2.24, 2.45) is 5.92 Å². The minimum Gasteiger partial charge on any atom is -0.493 e. The molecule has 2 aromatic rings. The quantitative estimate of drug-likeness (QED) is 0.362. The van der Waals surface area contributed by atoms with Crippen LogP contribution in [0.4, 0.5) is 5.69 Å². The molecule has 0 aliphatic carbocycles. The summed E-state index contributed by atoms with van der Waals surface area (Å²) >= 11 is 3.39. The number of hydrogen-bond acceptors (Lipinski definition) is 6. The molecule has 1 amide bonds. The van der Waals surface area contributed by atoms with Gasteiger partial charge in [-0.05, 0) is 42.0 Å². The van der Waals surface area contributed by atoms with Crippen molar-refractivity contribution in [3.8, 4) is 11.5 Å². The molecule has 8 heteroatoms. The van der Waals surface area contributed by atoms with E-state index in [2.05, 4.69) is 20.7 Å². The van der Waals surface area contributed by atoms with Gasteiger partial charge in [-0.3, -0.25) is 9.59 Å². The Morgan fingerprint density at radius 2 is 1.93 bits per heavy atom. The van der Waals surface area contributed by atoms with E-state index in [9.17, 15) is 14.4 Å². The van der Waals surface area contributed by atoms with E-state index in [1.54, 1.807) is 29.2 Å². The second-order valence-corrected chi connectivity index (χ2v) is 7.49. The molecule has 0 radical (unpaired) electrons. The average molecular weight is 474 g/mol. The number of halogens is 1. The van der Waals surface area contributed by atoms with Crippen LogP contribution in [0.25, 0.3) is 6.08 Å². The van der Waals surface area contributed by atoms with Gasteiger partial charge in [0, 0.05) is 29.2 Å². The van der Waals surface area contributed by atoms with Crippen LogP contribution in [0.5, 0.6) is 11.5 Å². The molecule has 1 aliphatic rings. The lowest BCUT2D eigenvalue weighted by atomic mass is 10.1. The van der Waals surface area contributed by atoms with Gasteiger partial charge in [-0.15, -0.1) is 0 Å². The van der Waals surface area contributed by atoms with Crippen molar-refractivity contribution in [1.29, 1.82) is 0 Å². The van der Waals surface area contributed by atoms with Crippen molar-refractivity contribution in [3.05, 3.63) is 58.6 Å². The number of esters is 2. The molecule has 0 spiro atoms. The molecular weight excluding hydrogens is 454 g/mol. The summed E-state index contributed by atoms with van der Waals surface area (Å²) in [5.41, 5.74) is 1.40. The van der Waals surface area contributed by atoms with Gasteiger partial charge in [0.05, 0.1) is 20.1 Å². The maximum atomic E-state index is 12.7. The SMILES string of the molecule is COC(=O)/C=C/c1ccc(OC(=O)C2CC(=O)N(c3cccc(Br)c3)C2)c(OC)c1. The predicted molar refractivity (Wildman–Crippen MR) is 114 cm³/mol. The van der Waals surface area contributed by atoms with Gasteiger partial charge in [-0.1, -0.05) is 28.1 Å². The van der Waals surface area contributed by atoms with Crippen molar-refractivity contribution in [2.45, 2.75) is 6.42 Å². The molecule has 0 saturated carbocycles. The summed E-state index contributed by atoms with van der Waals surface area (Å²) < 4.78 is 16.2. The molecule has 1 saturated heterocycles.